The van der Waals surface area contributed by atoms with E-state index in [0.29, 0.717) is 23.4 Å². The number of imide groups is 1. The number of hydrogen-bond donors (Lipinski definition) is 2. The van der Waals surface area contributed by atoms with Gasteiger partial charge in [0.15, 0.2) is 0 Å². The quantitative estimate of drug-likeness (QED) is 0.621. The minimum atomic E-state index is -0.552. The van der Waals surface area contributed by atoms with Gasteiger partial charge in [-0.25, -0.2) is 4.90 Å². The van der Waals surface area contributed by atoms with Crippen LogP contribution < -0.4 is 15.5 Å². The molecule has 1 fully saturated rings. The first kappa shape index (κ1) is 22.1. The molecule has 0 aromatic heterocycles. The number of halogens is 1. The number of anilines is 2. The fourth-order valence-corrected chi connectivity index (χ4v) is 4.44. The molecule has 2 N–H and O–H groups in total. The molecule has 4 rings (SSSR count). The van der Waals surface area contributed by atoms with E-state index in [9.17, 15) is 14.4 Å². The molecule has 0 spiro atoms. The highest BCUT2D eigenvalue weighted by molar-refractivity contribution is 6.53. The number of para-hydroxylation sites is 1. The number of aryl methyl sites for hydroxylation is 1. The predicted octanol–water partition coefficient (Wildman–Crippen LogP) is 4.75. The van der Waals surface area contributed by atoms with E-state index in [0.717, 1.165) is 36.1 Å². The van der Waals surface area contributed by atoms with Crippen molar-refractivity contribution in [1.82, 2.24) is 5.32 Å². The zero-order chi connectivity index (χ0) is 22.7. The third-order valence-electron chi connectivity index (χ3n) is 6.00. The molecular formula is C25H26ClN3O3. The molecule has 2 aromatic rings. The summed E-state index contributed by atoms with van der Waals surface area (Å²) in [5.41, 5.74) is 2.57. The number of carbonyl (C=O) groups is 3. The molecule has 1 aliphatic heterocycles. The highest BCUT2D eigenvalue weighted by Crippen LogP contribution is 2.32. The van der Waals surface area contributed by atoms with Crippen molar-refractivity contribution < 1.29 is 14.4 Å². The Bertz CT molecular complexity index is 1070. The van der Waals surface area contributed by atoms with Crippen molar-refractivity contribution in [2.45, 2.75) is 51.5 Å². The summed E-state index contributed by atoms with van der Waals surface area (Å²) < 4.78 is 0. The smallest absolute Gasteiger partial charge is 0.283 e. The summed E-state index contributed by atoms with van der Waals surface area (Å²) >= 11 is 6.24. The summed E-state index contributed by atoms with van der Waals surface area (Å²) in [6.45, 7) is 1.96. The van der Waals surface area contributed by atoms with Gasteiger partial charge in [-0.2, -0.15) is 0 Å². The van der Waals surface area contributed by atoms with Crippen LogP contribution in [0.25, 0.3) is 0 Å². The Kier molecular flexibility index (Phi) is 6.61. The zero-order valence-electron chi connectivity index (χ0n) is 18.0. The van der Waals surface area contributed by atoms with Crippen LogP contribution in [-0.4, -0.2) is 23.8 Å². The van der Waals surface area contributed by atoms with Crippen LogP contribution in [0.5, 0.6) is 0 Å². The topological polar surface area (TPSA) is 78.5 Å². The Balaban J connectivity index is 1.47. The summed E-state index contributed by atoms with van der Waals surface area (Å²) in [7, 11) is 0. The molecule has 7 heteroatoms. The van der Waals surface area contributed by atoms with E-state index >= 15 is 0 Å². The van der Waals surface area contributed by atoms with E-state index in [1.54, 1.807) is 36.4 Å². The number of carbonyl (C=O) groups excluding carboxylic acids is 3. The lowest BCUT2D eigenvalue weighted by Crippen LogP contribution is -2.36. The van der Waals surface area contributed by atoms with Crippen molar-refractivity contribution in [2.24, 2.45) is 0 Å². The Morgan fingerprint density at radius 1 is 1.00 bits per heavy atom. The molecule has 0 radical (unpaired) electrons. The molecular weight excluding hydrogens is 426 g/mol. The molecule has 1 saturated carbocycles. The fraction of sp³-hybridized carbons (Fsp3) is 0.320. The number of hydrogen-bond acceptors (Lipinski definition) is 4. The van der Waals surface area contributed by atoms with Crippen molar-refractivity contribution in [2.75, 3.05) is 10.2 Å². The van der Waals surface area contributed by atoms with Gasteiger partial charge < -0.3 is 10.6 Å². The number of rotatable bonds is 6. The molecule has 2 aromatic carbocycles. The lowest BCUT2D eigenvalue weighted by Gasteiger charge is -2.22. The van der Waals surface area contributed by atoms with Gasteiger partial charge in [-0.3, -0.25) is 14.4 Å². The SMILES string of the molecule is CCc1ccccc1N1C(=O)C(Cl)=C(Nc2ccc(C(=O)NC3CCCCC3)cc2)C1=O. The Morgan fingerprint density at radius 2 is 1.69 bits per heavy atom. The molecule has 32 heavy (non-hydrogen) atoms. The molecule has 0 saturated heterocycles. The molecule has 0 unspecified atom stereocenters. The lowest BCUT2D eigenvalue weighted by molar-refractivity contribution is -0.120. The van der Waals surface area contributed by atoms with Crippen LogP contribution >= 0.6 is 11.6 Å². The summed E-state index contributed by atoms with van der Waals surface area (Å²) in [5.74, 6) is -1.15. The molecule has 0 atom stereocenters. The van der Waals surface area contributed by atoms with Crippen LogP contribution in [0.1, 0.15) is 54.9 Å². The van der Waals surface area contributed by atoms with Crippen LogP contribution in [0, 0.1) is 0 Å². The van der Waals surface area contributed by atoms with Gasteiger partial charge in [0.05, 0.1) is 5.69 Å². The van der Waals surface area contributed by atoms with E-state index in [1.807, 2.05) is 19.1 Å². The van der Waals surface area contributed by atoms with E-state index in [-0.39, 0.29) is 22.7 Å². The largest absolute Gasteiger partial charge is 0.350 e. The highest BCUT2D eigenvalue weighted by atomic mass is 35.5. The van der Waals surface area contributed by atoms with Gasteiger partial charge in [-0.05, 0) is 55.2 Å². The Hall–Kier alpha value is -3.12. The van der Waals surface area contributed by atoms with Gasteiger partial charge >= 0.3 is 0 Å². The average molecular weight is 452 g/mol. The van der Waals surface area contributed by atoms with Gasteiger partial charge in [-0.15, -0.1) is 0 Å². The molecule has 2 aliphatic rings. The molecule has 166 valence electrons. The lowest BCUT2D eigenvalue weighted by atomic mass is 9.95. The third-order valence-corrected chi connectivity index (χ3v) is 6.35. The molecule has 1 heterocycles. The Morgan fingerprint density at radius 3 is 2.38 bits per heavy atom. The second-order valence-electron chi connectivity index (χ2n) is 8.13. The van der Waals surface area contributed by atoms with Crippen LogP contribution in [0.15, 0.2) is 59.3 Å². The highest BCUT2D eigenvalue weighted by Gasteiger charge is 2.39. The maximum atomic E-state index is 13.0. The van der Waals surface area contributed by atoms with Gasteiger partial charge in [0.1, 0.15) is 10.7 Å². The second-order valence-corrected chi connectivity index (χ2v) is 8.51. The van der Waals surface area contributed by atoms with E-state index in [2.05, 4.69) is 10.6 Å². The van der Waals surface area contributed by atoms with Crippen molar-refractivity contribution in [1.29, 1.82) is 0 Å². The number of amides is 3. The fourth-order valence-electron chi connectivity index (χ4n) is 4.22. The van der Waals surface area contributed by atoms with Crippen molar-refractivity contribution in [3.8, 4) is 0 Å². The van der Waals surface area contributed by atoms with Crippen molar-refractivity contribution >= 4 is 40.7 Å². The van der Waals surface area contributed by atoms with E-state index in [4.69, 9.17) is 11.6 Å². The molecule has 6 nitrogen and oxygen atoms in total. The third kappa shape index (κ3) is 4.41. The number of benzene rings is 2. The molecule has 1 aliphatic carbocycles. The number of nitrogens with zero attached hydrogens (tertiary/aromatic N) is 1. The van der Waals surface area contributed by atoms with Crippen LogP contribution in [0.2, 0.25) is 0 Å². The van der Waals surface area contributed by atoms with E-state index in [1.165, 1.54) is 6.42 Å². The first-order chi connectivity index (χ1) is 15.5. The number of nitrogens with one attached hydrogen (secondary N) is 2. The van der Waals surface area contributed by atoms with Crippen LogP contribution in [-0.2, 0) is 16.0 Å². The first-order valence-electron chi connectivity index (χ1n) is 11.0. The maximum absolute atomic E-state index is 13.0. The van der Waals surface area contributed by atoms with Gasteiger partial charge in [0.25, 0.3) is 17.7 Å². The minimum absolute atomic E-state index is 0.0296. The molecule has 3 amide bonds. The maximum Gasteiger partial charge on any atom is 0.283 e. The summed E-state index contributed by atoms with van der Waals surface area (Å²) in [6, 6.07) is 14.3. The normalized spacial score (nSPS) is 17.1. The Labute approximate surface area is 192 Å². The minimum Gasteiger partial charge on any atom is -0.350 e. The van der Waals surface area contributed by atoms with Crippen LogP contribution in [0.4, 0.5) is 11.4 Å². The van der Waals surface area contributed by atoms with Crippen molar-refractivity contribution in [3.05, 3.63) is 70.4 Å². The summed E-state index contributed by atoms with van der Waals surface area (Å²) in [4.78, 5) is 39.4. The molecule has 0 bridgehead atoms. The average Bonchev–Trinajstić information content (AvgIpc) is 3.03. The second kappa shape index (κ2) is 9.57. The predicted molar refractivity (Wildman–Crippen MR) is 126 cm³/mol. The standard InChI is InChI=1S/C25H26ClN3O3/c1-2-16-8-6-7-11-20(16)29-24(31)21(26)22(25(29)32)27-19-14-12-17(13-15-19)23(30)28-18-9-4-3-5-10-18/h6-8,11-15,18,27H,2-5,9-10H2,1H3,(H,28,30). The van der Waals surface area contributed by atoms with Gasteiger partial charge in [0, 0.05) is 17.3 Å². The van der Waals surface area contributed by atoms with E-state index < -0.39 is 11.8 Å². The summed E-state index contributed by atoms with van der Waals surface area (Å²) in [5, 5.41) is 5.89. The summed E-state index contributed by atoms with van der Waals surface area (Å²) in [6.07, 6.45) is 6.25. The van der Waals surface area contributed by atoms with Gasteiger partial charge in [0.2, 0.25) is 0 Å². The monoisotopic (exact) mass is 451 g/mol. The first-order valence-corrected chi connectivity index (χ1v) is 11.4. The van der Waals surface area contributed by atoms with Crippen molar-refractivity contribution in [3.63, 3.8) is 0 Å². The zero-order valence-corrected chi connectivity index (χ0v) is 18.7. The van der Waals surface area contributed by atoms with Gasteiger partial charge in [-0.1, -0.05) is 56.0 Å². The van der Waals surface area contributed by atoms with Crippen LogP contribution in [0.3, 0.4) is 0 Å².